The molecule has 0 aliphatic rings. The van der Waals surface area contributed by atoms with Gasteiger partial charge in [0.25, 0.3) is 0 Å². The number of sulfone groups is 1. The van der Waals surface area contributed by atoms with Crippen LogP contribution in [0.3, 0.4) is 0 Å². The van der Waals surface area contributed by atoms with Crippen LogP contribution in [0.15, 0.2) is 28.7 Å². The fourth-order valence-corrected chi connectivity index (χ4v) is 3.38. The van der Waals surface area contributed by atoms with E-state index in [4.69, 9.17) is 0 Å². The summed E-state index contributed by atoms with van der Waals surface area (Å²) < 4.78 is 24.6. The van der Waals surface area contributed by atoms with Crippen molar-refractivity contribution in [1.29, 1.82) is 0 Å². The lowest BCUT2D eigenvalue weighted by atomic mass is 9.98. The number of hydrogen-bond donors (Lipinski definition) is 1. The van der Waals surface area contributed by atoms with E-state index in [0.29, 0.717) is 12.8 Å². The molecule has 0 bridgehead atoms. The third-order valence-electron chi connectivity index (χ3n) is 3.25. The van der Waals surface area contributed by atoms with Crippen molar-refractivity contribution in [3.05, 3.63) is 34.3 Å². The van der Waals surface area contributed by atoms with E-state index >= 15 is 0 Å². The molecule has 0 aliphatic heterocycles. The van der Waals surface area contributed by atoms with Gasteiger partial charge in [-0.3, -0.25) is 0 Å². The van der Waals surface area contributed by atoms with Crippen molar-refractivity contribution in [2.24, 2.45) is 5.92 Å². The maximum Gasteiger partial charge on any atom is 0.152 e. The molecule has 0 heterocycles. The van der Waals surface area contributed by atoms with E-state index < -0.39 is 9.84 Å². The van der Waals surface area contributed by atoms with Crippen LogP contribution < -0.4 is 0 Å². The maximum absolute atomic E-state index is 11.8. The quantitative estimate of drug-likeness (QED) is 0.824. The zero-order chi connectivity index (χ0) is 14.5. The summed E-state index contributed by atoms with van der Waals surface area (Å²) in [4.78, 5) is 0. The third-order valence-corrected chi connectivity index (χ3v) is 6.27. The summed E-state index contributed by atoms with van der Waals surface area (Å²) in [6, 6.07) is 7.82. The Morgan fingerprint density at radius 3 is 2.42 bits per heavy atom. The monoisotopic (exact) mass is 348 g/mol. The number of aliphatic hydroxyl groups excluding tert-OH is 1. The van der Waals surface area contributed by atoms with E-state index in [0.717, 1.165) is 10.0 Å². The SMILES string of the molecule is CC(C)S(=O)(=O)CCC(CO)Cc1ccccc1Br. The summed E-state index contributed by atoms with van der Waals surface area (Å²) in [6.07, 6.45) is 1.18. The van der Waals surface area contributed by atoms with E-state index in [-0.39, 0.29) is 23.5 Å². The highest BCUT2D eigenvalue weighted by Crippen LogP contribution is 2.21. The minimum atomic E-state index is -3.03. The second-order valence-corrected chi connectivity index (χ2v) is 8.58. The van der Waals surface area contributed by atoms with Gasteiger partial charge in [-0.25, -0.2) is 8.42 Å². The van der Waals surface area contributed by atoms with Crippen molar-refractivity contribution >= 4 is 25.8 Å². The van der Waals surface area contributed by atoms with E-state index in [9.17, 15) is 13.5 Å². The molecule has 3 nitrogen and oxygen atoms in total. The molecular weight excluding hydrogens is 328 g/mol. The molecule has 0 radical (unpaired) electrons. The number of hydrogen-bond acceptors (Lipinski definition) is 3. The summed E-state index contributed by atoms with van der Waals surface area (Å²) in [6.45, 7) is 3.39. The molecule has 0 fully saturated rings. The zero-order valence-corrected chi connectivity index (χ0v) is 13.7. The van der Waals surface area contributed by atoms with Crippen LogP contribution in [0.1, 0.15) is 25.8 Å². The Morgan fingerprint density at radius 1 is 1.26 bits per heavy atom. The summed E-state index contributed by atoms with van der Waals surface area (Å²) in [5.74, 6) is 0.118. The maximum atomic E-state index is 11.8. The van der Waals surface area contributed by atoms with Gasteiger partial charge in [0.1, 0.15) is 0 Å². The van der Waals surface area contributed by atoms with Crippen molar-refractivity contribution in [3.8, 4) is 0 Å². The molecule has 5 heteroatoms. The fraction of sp³-hybridized carbons (Fsp3) is 0.571. The molecule has 0 aliphatic carbocycles. The van der Waals surface area contributed by atoms with Crippen LogP contribution in [-0.2, 0) is 16.3 Å². The first-order valence-electron chi connectivity index (χ1n) is 6.42. The molecule has 1 N–H and O–H groups in total. The van der Waals surface area contributed by atoms with Gasteiger partial charge in [0, 0.05) is 11.1 Å². The Hall–Kier alpha value is -0.390. The Balaban J connectivity index is 2.63. The summed E-state index contributed by atoms with van der Waals surface area (Å²) >= 11 is 3.47. The van der Waals surface area contributed by atoms with Crippen LogP contribution in [0, 0.1) is 5.92 Å². The van der Waals surface area contributed by atoms with E-state index in [1.54, 1.807) is 13.8 Å². The normalized spacial score (nSPS) is 13.7. The molecule has 1 unspecified atom stereocenters. The van der Waals surface area contributed by atoms with Crippen molar-refractivity contribution in [2.75, 3.05) is 12.4 Å². The molecule has 0 amide bonds. The lowest BCUT2D eigenvalue weighted by Crippen LogP contribution is -2.22. The smallest absolute Gasteiger partial charge is 0.152 e. The third kappa shape index (κ3) is 5.24. The largest absolute Gasteiger partial charge is 0.396 e. The van der Waals surface area contributed by atoms with Gasteiger partial charge in [-0.1, -0.05) is 34.1 Å². The predicted molar refractivity (Wildman–Crippen MR) is 82.0 cm³/mol. The van der Waals surface area contributed by atoms with Gasteiger partial charge in [0.05, 0.1) is 11.0 Å². The number of aliphatic hydroxyl groups is 1. The van der Waals surface area contributed by atoms with Crippen LogP contribution >= 0.6 is 15.9 Å². The van der Waals surface area contributed by atoms with Gasteiger partial charge in [0.15, 0.2) is 9.84 Å². The minimum Gasteiger partial charge on any atom is -0.396 e. The van der Waals surface area contributed by atoms with Crippen molar-refractivity contribution in [2.45, 2.75) is 31.9 Å². The predicted octanol–water partition coefficient (Wildman–Crippen LogP) is 2.81. The standard InChI is InChI=1S/C14H21BrO3S/c1-11(2)19(17,18)8-7-12(10-16)9-13-5-3-4-6-14(13)15/h3-6,11-12,16H,7-10H2,1-2H3. The van der Waals surface area contributed by atoms with Crippen molar-refractivity contribution in [1.82, 2.24) is 0 Å². The van der Waals surface area contributed by atoms with Crippen LogP contribution in [0.5, 0.6) is 0 Å². The highest BCUT2D eigenvalue weighted by atomic mass is 79.9. The second-order valence-electron chi connectivity index (χ2n) is 5.05. The average molecular weight is 349 g/mol. The zero-order valence-electron chi connectivity index (χ0n) is 11.3. The van der Waals surface area contributed by atoms with Gasteiger partial charge >= 0.3 is 0 Å². The molecule has 19 heavy (non-hydrogen) atoms. The Bertz CT molecular complexity index is 497. The average Bonchev–Trinajstić information content (AvgIpc) is 2.36. The minimum absolute atomic E-state index is 0.00888. The molecule has 1 aromatic rings. The molecule has 0 spiro atoms. The van der Waals surface area contributed by atoms with Gasteiger partial charge in [-0.05, 0) is 44.2 Å². The van der Waals surface area contributed by atoms with Crippen LogP contribution in [0.4, 0.5) is 0 Å². The lowest BCUT2D eigenvalue weighted by molar-refractivity contribution is 0.222. The molecular formula is C14H21BrO3S. The highest BCUT2D eigenvalue weighted by molar-refractivity contribution is 9.10. The topological polar surface area (TPSA) is 54.4 Å². The lowest BCUT2D eigenvalue weighted by Gasteiger charge is -2.16. The summed E-state index contributed by atoms with van der Waals surface area (Å²) in [5.41, 5.74) is 1.10. The van der Waals surface area contributed by atoms with Crippen LogP contribution in [-0.4, -0.2) is 31.1 Å². The van der Waals surface area contributed by atoms with E-state index in [1.807, 2.05) is 24.3 Å². The van der Waals surface area contributed by atoms with Crippen LogP contribution in [0.2, 0.25) is 0 Å². The van der Waals surface area contributed by atoms with Crippen molar-refractivity contribution < 1.29 is 13.5 Å². The van der Waals surface area contributed by atoms with E-state index in [2.05, 4.69) is 15.9 Å². The molecule has 108 valence electrons. The molecule has 1 rings (SSSR count). The number of halogens is 1. The van der Waals surface area contributed by atoms with Gasteiger partial charge < -0.3 is 5.11 Å². The number of benzene rings is 1. The van der Waals surface area contributed by atoms with Gasteiger partial charge in [-0.15, -0.1) is 0 Å². The molecule has 0 saturated carbocycles. The second kappa shape index (κ2) is 7.41. The number of rotatable bonds is 7. The Labute approximate surface area is 124 Å². The first kappa shape index (κ1) is 16.7. The van der Waals surface area contributed by atoms with Crippen LogP contribution in [0.25, 0.3) is 0 Å². The molecule has 0 aromatic heterocycles. The van der Waals surface area contributed by atoms with Gasteiger partial charge in [0.2, 0.25) is 0 Å². The fourth-order valence-electron chi connectivity index (χ4n) is 1.80. The molecule has 0 saturated heterocycles. The molecule has 1 aromatic carbocycles. The molecule has 1 atom stereocenters. The van der Waals surface area contributed by atoms with E-state index in [1.165, 1.54) is 0 Å². The van der Waals surface area contributed by atoms with Gasteiger partial charge in [-0.2, -0.15) is 0 Å². The Morgan fingerprint density at radius 2 is 1.89 bits per heavy atom. The highest BCUT2D eigenvalue weighted by Gasteiger charge is 2.19. The summed E-state index contributed by atoms with van der Waals surface area (Å²) in [5, 5.41) is 9.05. The summed E-state index contributed by atoms with van der Waals surface area (Å²) in [7, 11) is -3.03. The first-order chi connectivity index (χ1) is 8.86. The Kier molecular flexibility index (Phi) is 6.50. The first-order valence-corrected chi connectivity index (χ1v) is 8.93. The van der Waals surface area contributed by atoms with Crippen molar-refractivity contribution in [3.63, 3.8) is 0 Å².